The van der Waals surface area contributed by atoms with E-state index in [0.717, 1.165) is 50.5 Å². The summed E-state index contributed by atoms with van der Waals surface area (Å²) < 4.78 is 35.7. The molecule has 244 valence electrons. The number of nitrogens with one attached hydrogen (secondary N) is 2. The number of halogens is 2. The van der Waals surface area contributed by atoms with E-state index in [-0.39, 0.29) is 42.8 Å². The molecule has 2 aromatic carbocycles. The summed E-state index contributed by atoms with van der Waals surface area (Å²) in [5.74, 6) is -4.22. The van der Waals surface area contributed by atoms with Crippen molar-refractivity contribution < 1.29 is 33.0 Å². The lowest BCUT2D eigenvalue weighted by atomic mass is 9.81. The summed E-state index contributed by atoms with van der Waals surface area (Å²) in [6.07, 6.45) is 5.75. The summed E-state index contributed by atoms with van der Waals surface area (Å²) in [5.41, 5.74) is 21.7. The summed E-state index contributed by atoms with van der Waals surface area (Å²) in [6.45, 7) is 1.12. The van der Waals surface area contributed by atoms with Gasteiger partial charge < -0.3 is 37.1 Å². The van der Waals surface area contributed by atoms with Crippen molar-refractivity contribution in [3.05, 3.63) is 65.4 Å². The predicted molar refractivity (Wildman–Crippen MR) is 168 cm³/mol. The van der Waals surface area contributed by atoms with Crippen LogP contribution in [0.1, 0.15) is 56.1 Å². The highest BCUT2D eigenvalue weighted by Gasteiger charge is 2.48. The van der Waals surface area contributed by atoms with Crippen LogP contribution >= 0.6 is 0 Å². The number of ether oxygens (including phenoxy) is 2. The molecule has 2 aromatic rings. The van der Waals surface area contributed by atoms with Crippen molar-refractivity contribution in [1.82, 2.24) is 0 Å². The first kappa shape index (κ1) is 33.5. The number of aliphatic carboxylic acids is 1. The number of amidine groups is 2. The molecule has 2 heterocycles. The van der Waals surface area contributed by atoms with Gasteiger partial charge in [0.05, 0.1) is 18.0 Å². The predicted octanol–water partition coefficient (Wildman–Crippen LogP) is 5.20. The maximum Gasteiger partial charge on any atom is 0.306 e. The van der Waals surface area contributed by atoms with Crippen molar-refractivity contribution in [2.45, 2.75) is 75.8 Å². The van der Waals surface area contributed by atoms with Gasteiger partial charge in [0.1, 0.15) is 13.2 Å². The number of benzene rings is 2. The lowest BCUT2D eigenvalue weighted by Gasteiger charge is -2.33. The summed E-state index contributed by atoms with van der Waals surface area (Å²) in [7, 11) is 0. The highest BCUT2D eigenvalue weighted by Crippen LogP contribution is 2.42. The molecule has 0 saturated heterocycles. The number of nitrogens with zero attached hydrogens (tertiary/aromatic N) is 2. The Morgan fingerprint density at radius 3 is 1.71 bits per heavy atom. The Kier molecular flexibility index (Phi) is 11.6. The third kappa shape index (κ3) is 10.9. The molecule has 2 fully saturated rings. The Morgan fingerprint density at radius 2 is 1.36 bits per heavy atom. The molecule has 0 radical (unpaired) electrons. The van der Waals surface area contributed by atoms with Gasteiger partial charge in [-0.2, -0.15) is 0 Å². The van der Waals surface area contributed by atoms with Gasteiger partial charge in [0, 0.05) is 24.4 Å². The lowest BCUT2D eigenvalue weighted by molar-refractivity contribution is -0.145. The van der Waals surface area contributed by atoms with E-state index >= 15 is 0 Å². The Morgan fingerprint density at radius 1 is 0.867 bits per heavy atom. The van der Waals surface area contributed by atoms with Gasteiger partial charge in [-0.25, -0.2) is 18.8 Å². The molecule has 13 heteroatoms. The van der Waals surface area contributed by atoms with Crippen molar-refractivity contribution in [3.8, 4) is 0 Å². The van der Waals surface area contributed by atoms with Gasteiger partial charge in [-0.3, -0.25) is 9.59 Å². The van der Waals surface area contributed by atoms with E-state index in [2.05, 4.69) is 15.3 Å². The van der Waals surface area contributed by atoms with E-state index in [1.165, 1.54) is 5.56 Å². The summed E-state index contributed by atoms with van der Waals surface area (Å²) >= 11 is 0. The van der Waals surface area contributed by atoms with Crippen LogP contribution in [0, 0.1) is 11.8 Å². The number of hydrogen-bond acceptors (Lipinski definition) is 8. The standard InChI is InChI=1S/C16H19F2N3O2.C11H14N3O.C5H8O2/c17-16(18)7-11(8-16)14(22)20-12-4-1-10(2-5-12)3-6-13-9-23-15(19)21-13;12-9-4-1-8(2-5-9)3-6-10-7-15-11(13)14-10;6-5(7)4-2-1-3-4/h1-2,4-5,11,13H,3,6-9H2,(H2,19,21)(H,20,22);1-2,4-5,10,12H,3,6-7H2,(H2,13,14);4H,1-3H2,(H,6,7)/q;-1;/t13-;10-;/m00./s1. The molecule has 2 aliphatic carbocycles. The number of alkyl halides is 2. The first-order valence-electron chi connectivity index (χ1n) is 15.2. The molecule has 1 amide bonds. The highest BCUT2D eigenvalue weighted by atomic mass is 19.3. The Hall–Kier alpha value is -4.42. The molecule has 2 saturated carbocycles. The van der Waals surface area contributed by atoms with Crippen molar-refractivity contribution in [1.29, 1.82) is 0 Å². The molecule has 2 atom stereocenters. The molecule has 45 heavy (non-hydrogen) atoms. The van der Waals surface area contributed by atoms with Crippen LogP contribution < -0.4 is 16.8 Å². The van der Waals surface area contributed by atoms with Crippen LogP contribution in [0.15, 0.2) is 58.5 Å². The maximum atomic E-state index is 12.8. The second kappa shape index (κ2) is 15.5. The van der Waals surface area contributed by atoms with Crippen LogP contribution in [0.3, 0.4) is 0 Å². The minimum absolute atomic E-state index is 0.000000000000000444. The number of carbonyl (C=O) groups is 2. The number of carboxylic acid groups (broad SMARTS) is 1. The van der Waals surface area contributed by atoms with E-state index in [0.29, 0.717) is 30.6 Å². The average Bonchev–Trinajstić information content (AvgIpc) is 3.57. The number of anilines is 1. The van der Waals surface area contributed by atoms with E-state index < -0.39 is 17.8 Å². The molecule has 7 N–H and O–H groups in total. The molecule has 0 spiro atoms. The minimum atomic E-state index is -2.68. The van der Waals surface area contributed by atoms with Crippen LogP contribution in [-0.4, -0.2) is 60.2 Å². The second-order valence-electron chi connectivity index (χ2n) is 11.8. The summed E-state index contributed by atoms with van der Waals surface area (Å²) in [4.78, 5) is 30.1. The molecule has 6 rings (SSSR count). The van der Waals surface area contributed by atoms with E-state index in [1.54, 1.807) is 24.3 Å². The SMILES string of the molecule is NC1=N[C@@H](CCc2ccc(NC(=O)C3CC(F)(F)C3)cc2)CO1.O=C(O)C1CCC1.[NH-]c1ccc(CC[C@H]2COC(N)=N2)cc1. The molecule has 0 unspecified atom stereocenters. The largest absolute Gasteiger partial charge is 0.699 e. The number of aryl methyl sites for hydroxylation is 2. The lowest BCUT2D eigenvalue weighted by Crippen LogP contribution is -2.42. The average molecular weight is 628 g/mol. The number of carboxylic acids is 1. The zero-order valence-corrected chi connectivity index (χ0v) is 25.1. The molecular formula is C32H41F2N6O5-. The van der Waals surface area contributed by atoms with Gasteiger partial charge in [0.25, 0.3) is 12.0 Å². The van der Waals surface area contributed by atoms with Gasteiger partial charge in [0.2, 0.25) is 11.8 Å². The van der Waals surface area contributed by atoms with Gasteiger partial charge in [0.15, 0.2) is 0 Å². The topological polar surface area (TPSA) is 185 Å². The van der Waals surface area contributed by atoms with Crippen molar-refractivity contribution in [3.63, 3.8) is 0 Å². The Labute approximate surface area is 261 Å². The zero-order chi connectivity index (χ0) is 32.4. The molecule has 4 aliphatic rings. The fourth-order valence-electron chi connectivity index (χ4n) is 5.01. The fourth-order valence-corrected chi connectivity index (χ4v) is 5.01. The third-order valence-electron chi connectivity index (χ3n) is 8.09. The highest BCUT2D eigenvalue weighted by molar-refractivity contribution is 5.93. The first-order valence-corrected chi connectivity index (χ1v) is 15.2. The molecule has 2 aliphatic heterocycles. The molecule has 0 aromatic heterocycles. The molecular weight excluding hydrogens is 586 g/mol. The van der Waals surface area contributed by atoms with Crippen LogP contribution in [0.5, 0.6) is 0 Å². The molecule has 11 nitrogen and oxygen atoms in total. The van der Waals surface area contributed by atoms with Crippen LogP contribution in [0.25, 0.3) is 5.73 Å². The number of nitrogens with two attached hydrogens (primary N) is 2. The number of hydrogen-bond donors (Lipinski definition) is 4. The normalized spacial score (nSPS) is 21.6. The van der Waals surface area contributed by atoms with Crippen LogP contribution in [-0.2, 0) is 31.9 Å². The number of rotatable bonds is 9. The van der Waals surface area contributed by atoms with Crippen LogP contribution in [0.4, 0.5) is 20.2 Å². The van der Waals surface area contributed by atoms with Gasteiger partial charge in [-0.05, 0) is 61.8 Å². The fraction of sp³-hybridized carbons (Fsp3) is 0.500. The Balaban J connectivity index is 0.000000178. The van der Waals surface area contributed by atoms with E-state index in [9.17, 15) is 18.4 Å². The molecule has 0 bridgehead atoms. The van der Waals surface area contributed by atoms with Crippen molar-refractivity contribution in [2.75, 3.05) is 18.5 Å². The quantitative estimate of drug-likeness (QED) is 0.294. The smallest absolute Gasteiger partial charge is 0.306 e. The van der Waals surface area contributed by atoms with Gasteiger partial charge in [-0.15, -0.1) is 5.69 Å². The van der Waals surface area contributed by atoms with Gasteiger partial charge >= 0.3 is 5.97 Å². The van der Waals surface area contributed by atoms with Crippen LogP contribution in [0.2, 0.25) is 0 Å². The monoisotopic (exact) mass is 627 g/mol. The Bertz CT molecular complexity index is 1340. The van der Waals surface area contributed by atoms with Gasteiger partial charge in [-0.1, -0.05) is 42.8 Å². The minimum Gasteiger partial charge on any atom is -0.699 e. The number of amides is 1. The third-order valence-corrected chi connectivity index (χ3v) is 8.09. The van der Waals surface area contributed by atoms with Crippen molar-refractivity contribution >= 4 is 35.3 Å². The summed E-state index contributed by atoms with van der Waals surface area (Å²) in [6, 6.07) is 15.8. The second-order valence-corrected chi connectivity index (χ2v) is 11.8. The maximum absolute atomic E-state index is 12.8. The van der Waals surface area contributed by atoms with E-state index in [4.69, 9.17) is 31.8 Å². The number of carbonyl (C=O) groups excluding carboxylic acids is 1. The zero-order valence-electron chi connectivity index (χ0n) is 25.1. The summed E-state index contributed by atoms with van der Waals surface area (Å²) in [5, 5.41) is 10.9. The number of aliphatic imine (C=N–C) groups is 2. The van der Waals surface area contributed by atoms with Crippen molar-refractivity contribution in [2.24, 2.45) is 33.3 Å². The van der Waals surface area contributed by atoms with E-state index in [1.807, 2.05) is 24.3 Å². The first-order chi connectivity index (χ1) is 21.5.